The number of ether oxygens (including phenoxy) is 1. The number of para-hydroxylation sites is 3. The Bertz CT molecular complexity index is 4290. The smallest absolute Gasteiger partial charge is 0.0616 e. The van der Waals surface area contributed by atoms with Crippen LogP contribution < -0.4 is 4.74 Å². The van der Waals surface area contributed by atoms with E-state index >= 15 is 0 Å². The van der Waals surface area contributed by atoms with E-state index in [4.69, 9.17) is 16.6 Å². The van der Waals surface area contributed by atoms with E-state index in [1.165, 1.54) is 33.4 Å². The minimum atomic E-state index is -0.426. The van der Waals surface area contributed by atoms with Gasteiger partial charge in [0.1, 0.15) is 0 Å². The van der Waals surface area contributed by atoms with E-state index < -0.39 is 6.04 Å². The molecule has 326 valence electrons. The van der Waals surface area contributed by atoms with Crippen molar-refractivity contribution in [2.75, 3.05) is 0 Å². The number of fused-ring (bicyclic) bond motifs is 7. The summed E-state index contributed by atoms with van der Waals surface area (Å²) in [6.45, 7) is 1.88. The molecule has 1 aliphatic rings. The Morgan fingerprint density at radius 1 is 0.515 bits per heavy atom. The zero-order valence-corrected chi connectivity index (χ0v) is 39.0. The van der Waals surface area contributed by atoms with Crippen LogP contribution in [-0.2, 0) is 25.8 Å². The normalized spacial score (nSPS) is 13.0. The summed E-state index contributed by atoms with van der Waals surface area (Å²) in [7, 11) is 0. The fourth-order valence-corrected chi connectivity index (χ4v) is 11.3. The molecular weight excluding hydrogens is 1010 g/mol. The van der Waals surface area contributed by atoms with E-state index in [0.29, 0.717) is 22.9 Å². The monoisotopic (exact) mass is 1060 g/mol. The van der Waals surface area contributed by atoms with Gasteiger partial charge in [0, 0.05) is 11.8 Å². The van der Waals surface area contributed by atoms with Crippen LogP contribution in [0.5, 0.6) is 11.5 Å². The van der Waals surface area contributed by atoms with Gasteiger partial charge in [0.25, 0.3) is 0 Å². The van der Waals surface area contributed by atoms with Crippen LogP contribution in [0.3, 0.4) is 0 Å². The Morgan fingerprint density at radius 2 is 1.19 bits per heavy atom. The molecule has 0 N–H and O–H groups in total. The summed E-state index contributed by atoms with van der Waals surface area (Å²) in [5.74, 6) is 1.94. The van der Waals surface area contributed by atoms with Gasteiger partial charge in [-0.1, -0.05) is 42.3 Å². The fraction of sp³-hybridized carbons (Fsp3) is 0.0323. The first kappa shape index (κ1) is 35.1. The molecule has 5 nitrogen and oxygen atoms in total. The summed E-state index contributed by atoms with van der Waals surface area (Å²) in [5, 5.41) is 2.06. The van der Waals surface area contributed by atoms with Gasteiger partial charge in [-0.15, -0.1) is 0 Å². The van der Waals surface area contributed by atoms with Gasteiger partial charge in [0.2, 0.25) is 0 Å². The first-order valence-corrected chi connectivity index (χ1v) is 23.7. The van der Waals surface area contributed by atoms with Crippen LogP contribution in [0.15, 0.2) is 224 Å². The van der Waals surface area contributed by atoms with Crippen molar-refractivity contribution >= 4 is 32.8 Å². The molecule has 0 unspecified atom stereocenters. The minimum Gasteiger partial charge on any atom is -0.0616 e. The van der Waals surface area contributed by atoms with Crippen LogP contribution >= 0.6 is 0 Å². The van der Waals surface area contributed by atoms with Gasteiger partial charge in [-0.3, -0.25) is 0 Å². The predicted octanol–water partition coefficient (Wildman–Crippen LogP) is 15.7. The van der Waals surface area contributed by atoms with Gasteiger partial charge in [-0.25, -0.2) is 0 Å². The standard InChI is InChI=1S/C62H42N4O.Pt/c1-41-34-60(63-39-55(41)43-20-7-3-8-21-43)66-56-29-14-13-28-50(56)51-33-32-48(37-59(51)66)67-47-26-17-25-46(36-47)64-40-65(58-31-16-15-30-57(58)64)62-52(42-18-5-2-6-19-42)38-53-49-27-12-11-24-45(49)35-54(53)61(62)44-22-9-4-10-23-44;/h2-34,36-39H,35H2,1H3;/i3D,7D,8D,20D,21D;. The van der Waals surface area contributed by atoms with Gasteiger partial charge in [0.15, 0.2) is 0 Å². The number of nitrogens with zero attached hydrogens (tertiary/aromatic N) is 4. The van der Waals surface area contributed by atoms with Crippen molar-refractivity contribution in [2.45, 2.75) is 13.3 Å². The van der Waals surface area contributed by atoms with Crippen molar-refractivity contribution in [3.8, 4) is 73.2 Å². The molecule has 0 aliphatic heterocycles. The number of imidazole rings is 1. The van der Waals surface area contributed by atoms with E-state index in [9.17, 15) is 0 Å². The quantitative estimate of drug-likeness (QED) is 0.152. The Hall–Kier alpha value is -8.11. The Morgan fingerprint density at radius 3 is 1.99 bits per heavy atom. The number of pyridine rings is 1. The van der Waals surface area contributed by atoms with Crippen LogP contribution in [0.2, 0.25) is 0 Å². The van der Waals surface area contributed by atoms with Gasteiger partial charge < -0.3 is 0 Å². The second kappa shape index (κ2) is 16.3. The van der Waals surface area contributed by atoms with Crippen LogP contribution in [0.4, 0.5) is 0 Å². The molecule has 0 amide bonds. The molecule has 12 aromatic rings. The molecule has 0 fully saturated rings. The van der Waals surface area contributed by atoms with Crippen molar-refractivity contribution in [2.24, 2.45) is 0 Å². The first-order valence-electron chi connectivity index (χ1n) is 25.1. The van der Waals surface area contributed by atoms with Crippen molar-refractivity contribution in [3.05, 3.63) is 245 Å². The van der Waals surface area contributed by atoms with E-state index in [-0.39, 0.29) is 29.7 Å². The number of benzene rings is 9. The summed E-state index contributed by atoms with van der Waals surface area (Å²) in [4.78, 5) is 4.89. The molecular formula is C62H42N4OPt. The fourth-order valence-electron chi connectivity index (χ4n) is 10.2. The number of rotatable bonds is 8. The molecule has 1 aliphatic carbocycles. The molecule has 13 rings (SSSR count). The second-order valence-corrected chi connectivity index (χ2v) is 18.1. The minimum absolute atomic E-state index is 0.128. The second-order valence-electron chi connectivity index (χ2n) is 17.1. The molecule has 6 heteroatoms. The molecule has 0 radical (unpaired) electrons. The third-order valence-corrected chi connectivity index (χ3v) is 14.2. The maximum absolute atomic E-state index is 8.63. The number of hydrogen-bond acceptors (Lipinski definition) is 2. The van der Waals surface area contributed by atoms with Crippen LogP contribution in [0.25, 0.3) is 94.5 Å². The third kappa shape index (κ3) is 6.57. The molecule has 9 aromatic carbocycles. The Balaban J connectivity index is 0.940. The Kier molecular flexibility index (Phi) is 8.44. The molecule has 3 heterocycles. The molecule has 0 saturated carbocycles. The average molecular weight is 1060 g/mol. The summed E-state index contributed by atoms with van der Waals surface area (Å²) in [6.07, 6.45) is 2.45. The van der Waals surface area contributed by atoms with Gasteiger partial charge >= 0.3 is 335 Å². The van der Waals surface area contributed by atoms with E-state index in [2.05, 4.69) is 179 Å². The molecule has 3 aromatic heterocycles. The van der Waals surface area contributed by atoms with Crippen LogP contribution in [0, 0.1) is 10.7 Å². The first-order chi connectivity index (χ1) is 35.6. The van der Waals surface area contributed by atoms with Gasteiger partial charge in [-0.05, 0) is 18.1 Å². The number of hydrogen-bond donors (Lipinski definition) is 0. The number of aromatic nitrogens is 4. The zero-order chi connectivity index (χ0) is 49.6. The molecule has 0 spiro atoms. The predicted molar refractivity (Wildman–Crippen MR) is 274 cm³/mol. The molecule has 0 atom stereocenters. The van der Waals surface area contributed by atoms with Crippen molar-refractivity contribution < 1.29 is 30.9 Å². The van der Waals surface area contributed by atoms with Crippen molar-refractivity contribution in [3.63, 3.8) is 0 Å². The van der Waals surface area contributed by atoms with Crippen molar-refractivity contribution in [1.82, 2.24) is 18.7 Å². The van der Waals surface area contributed by atoms with E-state index in [1.807, 2.05) is 49.4 Å². The topological polar surface area (TPSA) is 36.9 Å². The summed E-state index contributed by atoms with van der Waals surface area (Å²) in [5.41, 5.74) is 17.3. The number of aryl methyl sites for hydroxylation is 1. The summed E-state index contributed by atoms with van der Waals surface area (Å²) < 4.78 is 56.6. The molecule has 0 saturated heterocycles. The van der Waals surface area contributed by atoms with E-state index in [0.717, 1.165) is 71.1 Å². The maximum atomic E-state index is 8.63. The van der Waals surface area contributed by atoms with Gasteiger partial charge in [-0.2, -0.15) is 0 Å². The Labute approximate surface area is 411 Å². The summed E-state index contributed by atoms with van der Waals surface area (Å²) in [6, 6.07) is 64.2. The van der Waals surface area contributed by atoms with E-state index in [1.54, 1.807) is 6.20 Å². The molecule has 0 bridgehead atoms. The zero-order valence-electron chi connectivity index (χ0n) is 41.7. The third-order valence-electron chi connectivity index (χ3n) is 13.2. The molecule has 68 heavy (non-hydrogen) atoms. The van der Waals surface area contributed by atoms with Crippen LogP contribution in [-0.4, -0.2) is 18.7 Å². The van der Waals surface area contributed by atoms with Crippen molar-refractivity contribution in [1.29, 1.82) is 0 Å². The van der Waals surface area contributed by atoms with Gasteiger partial charge in [0.05, 0.1) is 6.85 Å². The average Bonchev–Trinajstić information content (AvgIpc) is 4.06. The SMILES string of the molecule is [2H]c1c([2H])c([2H])c(-c2cnc(-n3c4ccccc4c4ccc(Oc5cccc(-n6[c](=[Pt])n(-c7c(-c8ccccc8)cc8c(c7-c7ccccc7)Cc7ccccc7-8)c7ccccc76)c5)cc43)cc2C)c([2H])c1[2H]. The van der Waals surface area contributed by atoms with Crippen LogP contribution in [0.1, 0.15) is 23.5 Å². The summed E-state index contributed by atoms with van der Waals surface area (Å²) >= 11 is 2.51.